The van der Waals surface area contributed by atoms with Gasteiger partial charge in [-0.05, 0) is 177 Å². The van der Waals surface area contributed by atoms with Crippen LogP contribution in [0.15, 0.2) is 133 Å². The number of benzene rings is 9. The second-order valence-corrected chi connectivity index (χ2v) is 11.9. The van der Waals surface area contributed by atoms with Gasteiger partial charge in [0.15, 0.2) is 0 Å². The topological polar surface area (TPSA) is 0 Å². The third-order valence-corrected chi connectivity index (χ3v) is 9.39. The fraction of sp³-hybridized carbons (Fsp3) is 0.0244. The molecule has 1 aliphatic rings. The molecule has 0 heterocycles. The highest BCUT2D eigenvalue weighted by atomic mass is 14.2. The third-order valence-electron chi connectivity index (χ3n) is 9.39. The lowest BCUT2D eigenvalue weighted by Gasteiger charge is -2.10. The summed E-state index contributed by atoms with van der Waals surface area (Å²) in [7, 11) is 0. The number of rotatable bonds is 0. The molecular formula is C41H24. The largest absolute Gasteiger partial charge is 0.0616 e. The molecule has 9 aromatic carbocycles. The molecule has 0 saturated heterocycles. The van der Waals surface area contributed by atoms with Crippen LogP contribution in [0.2, 0.25) is 0 Å². The van der Waals surface area contributed by atoms with E-state index in [-0.39, 0.29) is 0 Å². The van der Waals surface area contributed by atoms with Crippen LogP contribution in [0.1, 0.15) is 11.1 Å². The molecule has 0 spiro atoms. The number of hydrogen-bond acceptors (Lipinski definition) is 0. The smallest absolute Gasteiger partial charge is 0.00130 e. The van der Waals surface area contributed by atoms with Gasteiger partial charge < -0.3 is 0 Å². The summed E-state index contributed by atoms with van der Waals surface area (Å²) in [6.07, 6.45) is 0.994. The third kappa shape index (κ3) is 3.16. The van der Waals surface area contributed by atoms with Gasteiger partial charge in [-0.15, -0.1) is 0 Å². The van der Waals surface area contributed by atoms with E-state index in [4.69, 9.17) is 0 Å². The first-order valence-corrected chi connectivity index (χ1v) is 14.4. The van der Waals surface area contributed by atoms with Gasteiger partial charge >= 0.3 is 0 Å². The SMILES string of the molecule is c1ccc2cc3cc4cc5c(cc4cc3cc2c1)Cc1cc2cc3cc4cc6ccccc6cc4cc3cc2cc1-5. The van der Waals surface area contributed by atoms with Crippen LogP contribution in [0.25, 0.3) is 86.5 Å². The molecule has 1 aliphatic carbocycles. The molecule has 9 aromatic rings. The normalized spacial score (nSPS) is 12.8. The first-order chi connectivity index (χ1) is 20.2. The van der Waals surface area contributed by atoms with E-state index in [9.17, 15) is 0 Å². The van der Waals surface area contributed by atoms with E-state index in [0.717, 1.165) is 6.42 Å². The van der Waals surface area contributed by atoms with Crippen molar-refractivity contribution in [3.05, 3.63) is 145 Å². The fourth-order valence-electron chi connectivity index (χ4n) is 7.33. The van der Waals surface area contributed by atoms with E-state index < -0.39 is 0 Å². The summed E-state index contributed by atoms with van der Waals surface area (Å²) < 4.78 is 0. The van der Waals surface area contributed by atoms with E-state index in [1.54, 1.807) is 0 Å². The second-order valence-electron chi connectivity index (χ2n) is 11.9. The van der Waals surface area contributed by atoms with Crippen LogP contribution >= 0.6 is 0 Å². The van der Waals surface area contributed by atoms with Crippen molar-refractivity contribution < 1.29 is 0 Å². The molecule has 0 bridgehead atoms. The van der Waals surface area contributed by atoms with Gasteiger partial charge in [0.25, 0.3) is 0 Å². The van der Waals surface area contributed by atoms with Gasteiger partial charge in [-0.25, -0.2) is 0 Å². The van der Waals surface area contributed by atoms with Crippen LogP contribution in [-0.4, -0.2) is 0 Å². The quantitative estimate of drug-likeness (QED) is 0.176. The molecular weight excluding hydrogens is 492 g/mol. The monoisotopic (exact) mass is 516 g/mol. The Kier molecular flexibility index (Phi) is 4.06. The van der Waals surface area contributed by atoms with Crippen molar-refractivity contribution in [3.63, 3.8) is 0 Å². The van der Waals surface area contributed by atoms with Crippen molar-refractivity contribution in [1.29, 1.82) is 0 Å². The van der Waals surface area contributed by atoms with Crippen molar-refractivity contribution >= 4 is 75.4 Å². The predicted octanol–water partition coefficient (Wildman–Crippen LogP) is 11.3. The summed E-state index contributed by atoms with van der Waals surface area (Å²) in [6.45, 7) is 0. The van der Waals surface area contributed by atoms with Crippen LogP contribution in [0.4, 0.5) is 0 Å². The van der Waals surface area contributed by atoms with Gasteiger partial charge in [-0.3, -0.25) is 0 Å². The van der Waals surface area contributed by atoms with E-state index in [1.165, 1.54) is 97.7 Å². The molecule has 0 heteroatoms. The van der Waals surface area contributed by atoms with Crippen molar-refractivity contribution in [3.8, 4) is 11.1 Å². The van der Waals surface area contributed by atoms with Gasteiger partial charge in [0.05, 0.1) is 0 Å². The average molecular weight is 517 g/mol. The van der Waals surface area contributed by atoms with Gasteiger partial charge in [-0.1, -0.05) is 60.7 Å². The molecule has 0 radical (unpaired) electrons. The van der Waals surface area contributed by atoms with Crippen molar-refractivity contribution in [1.82, 2.24) is 0 Å². The first-order valence-electron chi connectivity index (χ1n) is 14.4. The molecule has 0 atom stereocenters. The second kappa shape index (κ2) is 7.71. The molecule has 0 aliphatic heterocycles. The average Bonchev–Trinajstić information content (AvgIpc) is 3.33. The molecule has 10 rings (SSSR count). The minimum Gasteiger partial charge on any atom is -0.0616 e. The minimum absolute atomic E-state index is 0.994. The van der Waals surface area contributed by atoms with Gasteiger partial charge in [0.1, 0.15) is 0 Å². The zero-order chi connectivity index (χ0) is 26.7. The molecule has 41 heavy (non-hydrogen) atoms. The lowest BCUT2D eigenvalue weighted by atomic mass is 9.94. The highest BCUT2D eigenvalue weighted by Crippen LogP contribution is 2.42. The van der Waals surface area contributed by atoms with Crippen LogP contribution in [-0.2, 0) is 6.42 Å². The Hall–Kier alpha value is -5.20. The van der Waals surface area contributed by atoms with E-state index >= 15 is 0 Å². The highest BCUT2D eigenvalue weighted by Gasteiger charge is 2.20. The summed E-state index contributed by atoms with van der Waals surface area (Å²) in [5.74, 6) is 0. The zero-order valence-corrected chi connectivity index (χ0v) is 22.4. The lowest BCUT2D eigenvalue weighted by Crippen LogP contribution is -1.84. The predicted molar refractivity (Wildman–Crippen MR) is 177 cm³/mol. The Morgan fingerprint density at radius 1 is 0.244 bits per heavy atom. The Labute approximate surface area is 237 Å². The summed E-state index contributed by atoms with van der Waals surface area (Å²) in [6, 6.07) is 50.6. The van der Waals surface area contributed by atoms with Crippen LogP contribution < -0.4 is 0 Å². The number of fused-ring (bicyclic) bond motifs is 10. The highest BCUT2D eigenvalue weighted by molar-refractivity contribution is 6.10. The first kappa shape index (κ1) is 21.6. The minimum atomic E-state index is 0.994. The van der Waals surface area contributed by atoms with Crippen LogP contribution in [0, 0.1) is 0 Å². The summed E-state index contributed by atoms with van der Waals surface area (Å²) in [5.41, 5.74) is 5.65. The van der Waals surface area contributed by atoms with E-state index in [0.29, 0.717) is 0 Å². The Balaban J connectivity index is 1.16. The number of hydrogen-bond donors (Lipinski definition) is 0. The van der Waals surface area contributed by atoms with Crippen molar-refractivity contribution in [2.75, 3.05) is 0 Å². The molecule has 0 saturated carbocycles. The maximum absolute atomic E-state index is 2.43. The maximum Gasteiger partial charge on any atom is -0.00130 e. The van der Waals surface area contributed by atoms with Crippen molar-refractivity contribution in [2.45, 2.75) is 6.42 Å². The summed E-state index contributed by atoms with van der Waals surface area (Å²) >= 11 is 0. The van der Waals surface area contributed by atoms with Gasteiger partial charge in [0.2, 0.25) is 0 Å². The summed E-state index contributed by atoms with van der Waals surface area (Å²) in [5, 5.41) is 18.3. The van der Waals surface area contributed by atoms with Gasteiger partial charge in [0, 0.05) is 0 Å². The summed E-state index contributed by atoms with van der Waals surface area (Å²) in [4.78, 5) is 0. The van der Waals surface area contributed by atoms with Crippen LogP contribution in [0.5, 0.6) is 0 Å². The van der Waals surface area contributed by atoms with E-state index in [1.807, 2.05) is 0 Å². The molecule has 0 nitrogen and oxygen atoms in total. The molecule has 0 N–H and O–H groups in total. The molecule has 0 unspecified atom stereocenters. The van der Waals surface area contributed by atoms with Crippen molar-refractivity contribution in [2.24, 2.45) is 0 Å². The fourth-order valence-corrected chi connectivity index (χ4v) is 7.33. The van der Waals surface area contributed by atoms with Gasteiger partial charge in [-0.2, -0.15) is 0 Å². The van der Waals surface area contributed by atoms with E-state index in [2.05, 4.69) is 133 Å². The molecule has 188 valence electrons. The molecule has 0 amide bonds. The Morgan fingerprint density at radius 2 is 0.488 bits per heavy atom. The molecule has 0 aromatic heterocycles. The molecule has 0 fully saturated rings. The van der Waals surface area contributed by atoms with Crippen LogP contribution in [0.3, 0.4) is 0 Å². The Morgan fingerprint density at radius 3 is 0.805 bits per heavy atom. The zero-order valence-electron chi connectivity index (χ0n) is 22.4. The standard InChI is InChI=1S/C41H24/c1-2-6-25-10-29-14-33-18-37-23-41-39(20-35(37)16-32(33)13-28(29)9-24(25)5-1)21-38-19-34-15-30-11-26-7-3-4-8-27(26)12-31(30)17-36(34)22-40(38)41/h1-20,22-23H,21H2. The Bertz CT molecular complexity index is 2600. The lowest BCUT2D eigenvalue weighted by molar-refractivity contribution is 1.28. The maximum atomic E-state index is 2.43.